The van der Waals surface area contributed by atoms with E-state index in [9.17, 15) is 9.59 Å². The van der Waals surface area contributed by atoms with Crippen LogP contribution in [0.5, 0.6) is 0 Å². The van der Waals surface area contributed by atoms with Gasteiger partial charge in [0.05, 0.1) is 5.92 Å². The number of carbonyl (C=O) groups is 2. The number of hydrogen-bond donors (Lipinski definition) is 1. The fraction of sp³-hybridized carbons (Fsp3) is 0.600. The molecule has 2 amide bonds. The van der Waals surface area contributed by atoms with Gasteiger partial charge in [0.25, 0.3) is 0 Å². The van der Waals surface area contributed by atoms with Gasteiger partial charge in [-0.1, -0.05) is 29.8 Å². The summed E-state index contributed by atoms with van der Waals surface area (Å²) in [6.07, 6.45) is 4.68. The highest BCUT2D eigenvalue weighted by Gasteiger charge is 2.45. The third-order valence-corrected chi connectivity index (χ3v) is 5.28. The Labute approximate surface area is 149 Å². The number of hydrogen-bond acceptors (Lipinski definition) is 3. The zero-order chi connectivity index (χ0) is 17.9. The topological polar surface area (TPSA) is 58.6 Å². The molecule has 1 aliphatic heterocycles. The minimum atomic E-state index is -0.107. The van der Waals surface area contributed by atoms with Crippen LogP contribution in [0.1, 0.15) is 36.8 Å². The highest BCUT2D eigenvalue weighted by molar-refractivity contribution is 5.82. The molecule has 2 fully saturated rings. The highest BCUT2D eigenvalue weighted by Crippen LogP contribution is 2.39. The fourth-order valence-corrected chi connectivity index (χ4v) is 3.71. The second-order valence-electron chi connectivity index (χ2n) is 7.55. The van der Waals surface area contributed by atoms with Gasteiger partial charge < -0.3 is 15.0 Å². The second-order valence-corrected chi connectivity index (χ2v) is 7.55. The minimum Gasteiger partial charge on any atom is -0.375 e. The van der Waals surface area contributed by atoms with Gasteiger partial charge >= 0.3 is 0 Å². The van der Waals surface area contributed by atoms with Gasteiger partial charge in [0.15, 0.2) is 0 Å². The predicted octanol–water partition coefficient (Wildman–Crippen LogP) is 2.07. The van der Waals surface area contributed by atoms with Crippen LogP contribution in [0.4, 0.5) is 0 Å². The van der Waals surface area contributed by atoms with Gasteiger partial charge in [-0.3, -0.25) is 9.59 Å². The summed E-state index contributed by atoms with van der Waals surface area (Å²) in [5, 5.41) is 3.29. The number of nitrogens with one attached hydrogen (secondary N) is 1. The first-order chi connectivity index (χ1) is 12.0. The lowest BCUT2D eigenvalue weighted by molar-refractivity contribution is -0.139. The summed E-state index contributed by atoms with van der Waals surface area (Å²) < 4.78 is 4.93. The van der Waals surface area contributed by atoms with Gasteiger partial charge in [-0.15, -0.1) is 0 Å². The van der Waals surface area contributed by atoms with Crippen molar-refractivity contribution >= 4 is 11.8 Å². The number of aryl methyl sites for hydroxylation is 1. The summed E-state index contributed by atoms with van der Waals surface area (Å²) >= 11 is 0. The van der Waals surface area contributed by atoms with Gasteiger partial charge in [-0.05, 0) is 44.6 Å². The van der Waals surface area contributed by atoms with Gasteiger partial charge in [-0.25, -0.2) is 0 Å². The van der Waals surface area contributed by atoms with E-state index in [0.29, 0.717) is 6.54 Å². The maximum atomic E-state index is 12.8. The molecule has 1 heterocycles. The first-order valence-electron chi connectivity index (χ1n) is 9.16. The van der Waals surface area contributed by atoms with Crippen LogP contribution in [-0.2, 0) is 20.7 Å². The number of ether oxygens (including phenoxy) is 1. The number of nitrogens with zero attached hydrogens (tertiary/aromatic N) is 1. The molecule has 1 aliphatic carbocycles. The Balaban J connectivity index is 1.57. The smallest absolute Gasteiger partial charge is 0.248 e. The van der Waals surface area contributed by atoms with Crippen LogP contribution in [0.3, 0.4) is 0 Å². The van der Waals surface area contributed by atoms with Crippen molar-refractivity contribution in [2.75, 3.05) is 26.8 Å². The zero-order valence-corrected chi connectivity index (χ0v) is 15.2. The van der Waals surface area contributed by atoms with E-state index in [1.165, 1.54) is 18.2 Å². The Morgan fingerprint density at radius 1 is 1.36 bits per heavy atom. The third kappa shape index (κ3) is 4.60. The van der Waals surface area contributed by atoms with Crippen molar-refractivity contribution in [2.24, 2.45) is 5.92 Å². The molecule has 0 aromatic heterocycles. The summed E-state index contributed by atoms with van der Waals surface area (Å²) in [5.41, 5.74) is 2.45. The van der Waals surface area contributed by atoms with E-state index in [0.717, 1.165) is 38.6 Å². The Hall–Kier alpha value is -1.88. The minimum absolute atomic E-state index is 0.0269. The number of amides is 2. The Morgan fingerprint density at radius 2 is 2.16 bits per heavy atom. The lowest BCUT2D eigenvalue weighted by Gasteiger charge is -2.33. The number of methoxy groups -OCH3 is 1. The van der Waals surface area contributed by atoms with Crippen LogP contribution < -0.4 is 5.32 Å². The van der Waals surface area contributed by atoms with Crippen molar-refractivity contribution in [3.8, 4) is 0 Å². The van der Waals surface area contributed by atoms with E-state index < -0.39 is 0 Å². The van der Waals surface area contributed by atoms with Gasteiger partial charge in [0, 0.05) is 25.7 Å². The van der Waals surface area contributed by atoms with E-state index in [2.05, 4.69) is 36.5 Å². The summed E-state index contributed by atoms with van der Waals surface area (Å²) in [4.78, 5) is 26.5. The molecule has 3 rings (SSSR count). The van der Waals surface area contributed by atoms with Crippen LogP contribution in [0.15, 0.2) is 24.3 Å². The van der Waals surface area contributed by atoms with Crippen molar-refractivity contribution in [2.45, 2.75) is 44.6 Å². The number of rotatable bonds is 6. The van der Waals surface area contributed by atoms with Crippen molar-refractivity contribution in [3.63, 3.8) is 0 Å². The van der Waals surface area contributed by atoms with E-state index >= 15 is 0 Å². The molecule has 0 bridgehead atoms. The largest absolute Gasteiger partial charge is 0.375 e. The molecule has 0 unspecified atom stereocenters. The van der Waals surface area contributed by atoms with Crippen LogP contribution in [0.25, 0.3) is 0 Å². The van der Waals surface area contributed by atoms with Gasteiger partial charge in [0.1, 0.15) is 6.61 Å². The number of piperidine rings is 1. The molecule has 1 saturated heterocycles. The van der Waals surface area contributed by atoms with Crippen LogP contribution >= 0.6 is 0 Å². The number of carbonyl (C=O) groups excluding carboxylic acids is 2. The van der Waals surface area contributed by atoms with E-state index in [1.807, 2.05) is 0 Å². The summed E-state index contributed by atoms with van der Waals surface area (Å²) in [6.45, 7) is 3.41. The molecule has 0 spiro atoms. The summed E-state index contributed by atoms with van der Waals surface area (Å²) in [6, 6.07) is 8.49. The van der Waals surface area contributed by atoms with E-state index in [-0.39, 0.29) is 29.9 Å². The van der Waals surface area contributed by atoms with Gasteiger partial charge in [0.2, 0.25) is 11.8 Å². The Kier molecular flexibility index (Phi) is 5.42. The molecule has 5 heteroatoms. The quantitative estimate of drug-likeness (QED) is 0.859. The number of benzene rings is 1. The maximum absolute atomic E-state index is 12.8. The molecule has 1 saturated carbocycles. The summed E-state index contributed by atoms with van der Waals surface area (Å²) in [5.74, 6) is -0.0366. The second kappa shape index (κ2) is 7.56. The first-order valence-corrected chi connectivity index (χ1v) is 9.16. The molecule has 1 aromatic carbocycles. The van der Waals surface area contributed by atoms with Crippen molar-refractivity contribution < 1.29 is 14.3 Å². The summed E-state index contributed by atoms with van der Waals surface area (Å²) in [7, 11) is 1.52. The predicted molar refractivity (Wildman–Crippen MR) is 96.2 cm³/mol. The third-order valence-electron chi connectivity index (χ3n) is 5.28. The maximum Gasteiger partial charge on any atom is 0.248 e. The molecule has 1 N–H and O–H groups in total. The molecular weight excluding hydrogens is 316 g/mol. The van der Waals surface area contributed by atoms with Crippen molar-refractivity contribution in [1.82, 2.24) is 10.2 Å². The average molecular weight is 344 g/mol. The molecule has 25 heavy (non-hydrogen) atoms. The van der Waals surface area contributed by atoms with Crippen molar-refractivity contribution in [1.29, 1.82) is 0 Å². The molecule has 2 aliphatic rings. The van der Waals surface area contributed by atoms with Gasteiger partial charge in [-0.2, -0.15) is 0 Å². The fourth-order valence-electron chi connectivity index (χ4n) is 3.71. The van der Waals surface area contributed by atoms with E-state index in [1.54, 1.807) is 4.90 Å². The Morgan fingerprint density at radius 3 is 2.84 bits per heavy atom. The van der Waals surface area contributed by atoms with E-state index in [4.69, 9.17) is 4.74 Å². The monoisotopic (exact) mass is 344 g/mol. The number of likely N-dealkylation sites (tertiary alicyclic amines) is 1. The molecule has 1 aromatic rings. The Bertz CT molecular complexity index is 640. The highest BCUT2D eigenvalue weighted by atomic mass is 16.5. The van der Waals surface area contributed by atoms with Crippen LogP contribution in [0, 0.1) is 12.8 Å². The normalized spacial score (nSPS) is 21.7. The average Bonchev–Trinajstić information content (AvgIpc) is 3.34. The molecule has 1 atom stereocenters. The zero-order valence-electron chi connectivity index (χ0n) is 15.2. The standard InChI is InChI=1S/C20H28N2O3/c1-15-5-3-6-16(11-15)12-20(8-9-20)21-19(24)17-7-4-10-22(13-17)18(23)14-25-2/h3,5-6,11,17H,4,7-10,12-14H2,1-2H3,(H,21,24)/t17-/m1/s1. The first kappa shape index (κ1) is 17.9. The lowest BCUT2D eigenvalue weighted by Crippen LogP contribution is -2.49. The van der Waals surface area contributed by atoms with Crippen LogP contribution in [-0.4, -0.2) is 49.1 Å². The molecule has 136 valence electrons. The SMILES string of the molecule is COCC(=O)N1CCC[C@@H](C(=O)NC2(Cc3cccc(C)c3)CC2)C1. The molecule has 5 nitrogen and oxygen atoms in total. The molecule has 0 radical (unpaired) electrons. The lowest BCUT2D eigenvalue weighted by atomic mass is 9.95. The molecular formula is C20H28N2O3. The van der Waals surface area contributed by atoms with Crippen molar-refractivity contribution in [3.05, 3.63) is 35.4 Å². The van der Waals surface area contributed by atoms with Crippen LogP contribution in [0.2, 0.25) is 0 Å².